The zero-order valence-corrected chi connectivity index (χ0v) is 20.8. The molecule has 1 N–H and O–H groups in total. The Kier molecular flexibility index (Phi) is 5.73. The fraction of sp³-hybridized carbons (Fsp3) is 0.258. The Morgan fingerprint density at radius 1 is 1.03 bits per heavy atom. The Labute approximate surface area is 211 Å². The highest BCUT2D eigenvalue weighted by Gasteiger charge is 2.36. The van der Waals surface area contributed by atoms with Gasteiger partial charge in [0.05, 0.1) is 17.4 Å². The first-order chi connectivity index (χ1) is 17.5. The maximum atomic E-state index is 14.3. The lowest BCUT2D eigenvalue weighted by atomic mass is 9.75. The predicted molar refractivity (Wildman–Crippen MR) is 145 cm³/mol. The molecule has 2 aromatic heterocycles. The molecule has 4 nitrogen and oxygen atoms in total. The van der Waals surface area contributed by atoms with Crippen LogP contribution in [0.25, 0.3) is 27.5 Å². The van der Waals surface area contributed by atoms with E-state index in [9.17, 15) is 4.39 Å². The van der Waals surface area contributed by atoms with Crippen LogP contribution in [0.15, 0.2) is 85.2 Å². The number of H-pyrrole nitrogens is 1. The van der Waals surface area contributed by atoms with Crippen molar-refractivity contribution in [1.82, 2.24) is 19.4 Å². The molecule has 6 rings (SSSR count). The van der Waals surface area contributed by atoms with Crippen molar-refractivity contribution in [2.24, 2.45) is 0 Å². The van der Waals surface area contributed by atoms with E-state index in [4.69, 9.17) is 0 Å². The zero-order chi connectivity index (χ0) is 24.7. The van der Waals surface area contributed by atoms with E-state index >= 15 is 0 Å². The minimum Gasteiger partial charge on any atom is -0.355 e. The molecule has 0 saturated heterocycles. The summed E-state index contributed by atoms with van der Waals surface area (Å²) in [6, 6.07) is 24.1. The summed E-state index contributed by atoms with van der Waals surface area (Å²) in [6.07, 6.45) is 8.04. The van der Waals surface area contributed by atoms with Crippen LogP contribution >= 0.6 is 0 Å². The first-order valence-corrected chi connectivity index (χ1v) is 12.7. The van der Waals surface area contributed by atoms with Gasteiger partial charge in [0.2, 0.25) is 0 Å². The Balaban J connectivity index is 1.37. The van der Waals surface area contributed by atoms with Gasteiger partial charge in [-0.1, -0.05) is 48.5 Å². The number of hydrogen-bond acceptors (Lipinski definition) is 2. The summed E-state index contributed by atoms with van der Waals surface area (Å²) in [4.78, 5) is 10.6. The molecule has 2 heterocycles. The third-order valence-corrected chi connectivity index (χ3v) is 7.98. The summed E-state index contributed by atoms with van der Waals surface area (Å²) >= 11 is 0. The molecule has 0 saturated carbocycles. The molecule has 182 valence electrons. The lowest BCUT2D eigenvalue weighted by Gasteiger charge is -2.43. The second-order valence-corrected chi connectivity index (χ2v) is 10.1. The average Bonchev–Trinajstić information content (AvgIpc) is 3.49. The number of aromatic amines is 1. The van der Waals surface area contributed by atoms with E-state index < -0.39 is 0 Å². The highest BCUT2D eigenvalue weighted by atomic mass is 19.1. The lowest BCUT2D eigenvalue weighted by Crippen LogP contribution is -2.42. The van der Waals surface area contributed by atoms with Crippen molar-refractivity contribution in [3.63, 3.8) is 0 Å². The van der Waals surface area contributed by atoms with E-state index in [0.29, 0.717) is 0 Å². The van der Waals surface area contributed by atoms with Gasteiger partial charge < -0.3 is 9.55 Å². The van der Waals surface area contributed by atoms with Crippen molar-refractivity contribution in [2.75, 3.05) is 14.1 Å². The van der Waals surface area contributed by atoms with E-state index in [1.807, 2.05) is 30.6 Å². The Hall–Kier alpha value is -3.70. The number of imidazole rings is 1. The summed E-state index contributed by atoms with van der Waals surface area (Å²) < 4.78 is 16.5. The summed E-state index contributed by atoms with van der Waals surface area (Å²) in [5.41, 5.74) is 8.12. The van der Waals surface area contributed by atoms with E-state index in [0.717, 1.165) is 59.9 Å². The third-order valence-electron chi connectivity index (χ3n) is 7.98. The number of allylic oxidation sites excluding steroid dienone is 1. The molecule has 0 radical (unpaired) electrons. The van der Waals surface area contributed by atoms with Crippen molar-refractivity contribution in [3.8, 4) is 0 Å². The zero-order valence-electron chi connectivity index (χ0n) is 20.8. The summed E-state index contributed by atoms with van der Waals surface area (Å²) in [5.74, 6) is -0.198. The van der Waals surface area contributed by atoms with Gasteiger partial charge in [-0.25, -0.2) is 9.37 Å². The van der Waals surface area contributed by atoms with Gasteiger partial charge in [-0.05, 0) is 86.8 Å². The summed E-state index contributed by atoms with van der Waals surface area (Å²) in [5, 5.41) is 0.975. The number of fused-ring (bicyclic) bond motifs is 2. The number of rotatable bonds is 6. The van der Waals surface area contributed by atoms with Crippen LogP contribution in [0.4, 0.5) is 4.39 Å². The molecule has 0 aliphatic heterocycles. The van der Waals surface area contributed by atoms with Gasteiger partial charge in [0.15, 0.2) is 0 Å². The minimum atomic E-state index is -0.198. The summed E-state index contributed by atoms with van der Waals surface area (Å²) in [7, 11) is 4.36. The van der Waals surface area contributed by atoms with E-state index in [1.54, 1.807) is 6.07 Å². The van der Waals surface area contributed by atoms with Crippen LogP contribution in [-0.4, -0.2) is 33.5 Å². The van der Waals surface area contributed by atoms with Crippen molar-refractivity contribution in [1.29, 1.82) is 0 Å². The molecule has 1 unspecified atom stereocenters. The van der Waals surface area contributed by atoms with Gasteiger partial charge in [-0.2, -0.15) is 0 Å². The molecule has 0 spiro atoms. The molecule has 36 heavy (non-hydrogen) atoms. The monoisotopic (exact) mass is 478 g/mol. The molecule has 0 bridgehead atoms. The number of aromatic nitrogens is 3. The highest BCUT2D eigenvalue weighted by molar-refractivity contribution is 5.89. The summed E-state index contributed by atoms with van der Waals surface area (Å²) in [6.45, 7) is 0.788. The van der Waals surface area contributed by atoms with Gasteiger partial charge in [-0.15, -0.1) is 0 Å². The molecule has 5 aromatic rings. The van der Waals surface area contributed by atoms with Crippen LogP contribution in [0.2, 0.25) is 0 Å². The number of aryl methyl sites for hydroxylation is 2. The van der Waals surface area contributed by atoms with E-state index in [-0.39, 0.29) is 11.4 Å². The second kappa shape index (κ2) is 9.07. The SMILES string of the molecule is CN(C)C1(c2ccccc2)CC=C(c2[nH]c3ccc(F)cc3c2CCn2cnc3ccccc32)CC1. The van der Waals surface area contributed by atoms with Crippen LogP contribution in [-0.2, 0) is 18.5 Å². The smallest absolute Gasteiger partial charge is 0.123 e. The Morgan fingerprint density at radius 2 is 1.83 bits per heavy atom. The number of hydrogen-bond donors (Lipinski definition) is 1. The maximum Gasteiger partial charge on any atom is 0.123 e. The van der Waals surface area contributed by atoms with Gasteiger partial charge in [0.25, 0.3) is 0 Å². The number of nitrogens with zero attached hydrogens (tertiary/aromatic N) is 3. The Morgan fingerprint density at radius 3 is 2.61 bits per heavy atom. The highest BCUT2D eigenvalue weighted by Crippen LogP contribution is 2.44. The molecule has 0 fully saturated rings. The number of para-hydroxylation sites is 2. The molecular formula is C31H31FN4. The molecule has 1 aliphatic rings. The molecule has 3 aromatic carbocycles. The first-order valence-electron chi connectivity index (χ1n) is 12.7. The van der Waals surface area contributed by atoms with Crippen molar-refractivity contribution >= 4 is 27.5 Å². The second-order valence-electron chi connectivity index (χ2n) is 10.1. The molecule has 5 heteroatoms. The van der Waals surface area contributed by atoms with Crippen LogP contribution in [0.5, 0.6) is 0 Å². The quantitative estimate of drug-likeness (QED) is 0.287. The topological polar surface area (TPSA) is 36.9 Å². The normalized spacial score (nSPS) is 18.3. The molecule has 0 amide bonds. The van der Waals surface area contributed by atoms with Crippen molar-refractivity contribution in [3.05, 3.63) is 108 Å². The lowest BCUT2D eigenvalue weighted by molar-refractivity contribution is 0.138. The van der Waals surface area contributed by atoms with Crippen LogP contribution < -0.4 is 0 Å². The van der Waals surface area contributed by atoms with Gasteiger partial charge in [0.1, 0.15) is 5.82 Å². The standard InChI is InChI=1S/C31H31FN4/c1-35(2)31(23-8-4-3-5-9-23)17-14-22(15-18-31)30-25(26-20-24(32)12-13-27(26)34-30)16-19-36-21-33-28-10-6-7-11-29(28)36/h3-14,20-21,34H,15-19H2,1-2H3. The first kappa shape index (κ1) is 22.7. The van der Waals surface area contributed by atoms with Crippen LogP contribution in [0.1, 0.15) is 36.1 Å². The van der Waals surface area contributed by atoms with Gasteiger partial charge >= 0.3 is 0 Å². The number of nitrogens with one attached hydrogen (secondary N) is 1. The third kappa shape index (κ3) is 3.84. The molecule has 1 atom stereocenters. The number of halogens is 1. The van der Waals surface area contributed by atoms with Gasteiger partial charge in [-0.3, -0.25) is 4.90 Å². The fourth-order valence-corrected chi connectivity index (χ4v) is 5.91. The average molecular weight is 479 g/mol. The predicted octanol–water partition coefficient (Wildman–Crippen LogP) is 6.92. The van der Waals surface area contributed by atoms with Gasteiger partial charge in [0, 0.05) is 28.7 Å². The van der Waals surface area contributed by atoms with E-state index in [1.165, 1.54) is 22.8 Å². The minimum absolute atomic E-state index is 0.0151. The molecular weight excluding hydrogens is 447 g/mol. The number of benzene rings is 3. The maximum absolute atomic E-state index is 14.3. The van der Waals surface area contributed by atoms with Crippen LogP contribution in [0, 0.1) is 5.82 Å². The van der Waals surface area contributed by atoms with Crippen molar-refractivity contribution < 1.29 is 4.39 Å². The largest absolute Gasteiger partial charge is 0.355 e. The Bertz CT molecular complexity index is 1560. The fourth-order valence-electron chi connectivity index (χ4n) is 5.91. The van der Waals surface area contributed by atoms with Crippen molar-refractivity contribution in [2.45, 2.75) is 37.8 Å². The molecule has 1 aliphatic carbocycles. The van der Waals surface area contributed by atoms with E-state index in [2.05, 4.69) is 76.0 Å². The van der Waals surface area contributed by atoms with Crippen LogP contribution in [0.3, 0.4) is 0 Å².